The fourth-order valence-electron chi connectivity index (χ4n) is 5.04. The van der Waals surface area contributed by atoms with Crippen molar-refractivity contribution in [2.75, 3.05) is 5.32 Å². The van der Waals surface area contributed by atoms with Gasteiger partial charge in [-0.3, -0.25) is 14.3 Å². The van der Waals surface area contributed by atoms with Crippen molar-refractivity contribution in [1.82, 2.24) is 20.1 Å². The average Bonchev–Trinajstić information content (AvgIpc) is 3.30. The van der Waals surface area contributed by atoms with Gasteiger partial charge in [-0.1, -0.05) is 20.3 Å². The van der Waals surface area contributed by atoms with Gasteiger partial charge in [-0.2, -0.15) is 5.10 Å². The number of nitrogens with one attached hydrogen (secondary N) is 2. The molecule has 2 amide bonds. The second-order valence-electron chi connectivity index (χ2n) is 10.6. The van der Waals surface area contributed by atoms with Crippen LogP contribution in [0.25, 0.3) is 11.1 Å². The van der Waals surface area contributed by atoms with Crippen molar-refractivity contribution < 1.29 is 19.1 Å². The first kappa shape index (κ1) is 22.0. The predicted molar refractivity (Wildman–Crippen MR) is 120 cm³/mol. The maximum atomic E-state index is 14.7. The second kappa shape index (κ2) is 7.90. The van der Waals surface area contributed by atoms with Crippen molar-refractivity contribution in [2.45, 2.75) is 77.0 Å². The maximum absolute atomic E-state index is 14.7. The van der Waals surface area contributed by atoms with E-state index in [2.05, 4.69) is 34.6 Å². The Morgan fingerprint density at radius 2 is 2.00 bits per heavy atom. The van der Waals surface area contributed by atoms with Gasteiger partial charge in [0.05, 0.1) is 12.4 Å². The zero-order chi connectivity index (χ0) is 23.4. The van der Waals surface area contributed by atoms with Crippen molar-refractivity contribution in [3.8, 4) is 11.1 Å². The largest absolute Gasteiger partial charge is 0.380 e. The third kappa shape index (κ3) is 4.38. The number of fused-ring (bicyclic) bond motifs is 1. The number of aliphatic hydroxyl groups is 1. The van der Waals surface area contributed by atoms with E-state index < -0.39 is 11.4 Å². The SMILES string of the molecule is CC1(C)Cc2c(-c3cc(NC(=O)[C@H]4CCC[C@@H](NC(=O)C5(O)CC5)C4)ncc3F)cnn2C1. The molecule has 9 heteroatoms. The van der Waals surface area contributed by atoms with Crippen LogP contribution in [0.3, 0.4) is 0 Å². The molecule has 33 heavy (non-hydrogen) atoms. The molecule has 0 saturated heterocycles. The molecule has 1 aliphatic heterocycles. The monoisotopic (exact) mass is 455 g/mol. The highest BCUT2D eigenvalue weighted by molar-refractivity contribution is 5.92. The molecule has 2 atom stereocenters. The van der Waals surface area contributed by atoms with Crippen LogP contribution < -0.4 is 10.6 Å². The van der Waals surface area contributed by atoms with Gasteiger partial charge < -0.3 is 15.7 Å². The molecular weight excluding hydrogens is 425 g/mol. The maximum Gasteiger partial charge on any atom is 0.252 e. The van der Waals surface area contributed by atoms with Gasteiger partial charge in [0.2, 0.25) is 5.91 Å². The lowest BCUT2D eigenvalue weighted by molar-refractivity contribution is -0.133. The molecule has 0 unspecified atom stereocenters. The van der Waals surface area contributed by atoms with Gasteiger partial charge in [0, 0.05) is 35.3 Å². The third-order valence-corrected chi connectivity index (χ3v) is 7.10. The predicted octanol–water partition coefficient (Wildman–Crippen LogP) is 2.80. The Morgan fingerprint density at radius 1 is 1.21 bits per heavy atom. The standard InChI is InChI=1S/C24H30FN5O3/c1-23(2)10-19-17(11-27-30(19)13-23)16-9-20(26-12-18(16)25)29-21(31)14-4-3-5-15(8-14)28-22(32)24(33)6-7-24/h9,11-12,14-15,33H,3-8,10,13H2,1-2H3,(H,28,32)(H,26,29,31)/t14-,15+/m0/s1. The zero-order valence-corrected chi connectivity index (χ0v) is 19.0. The topological polar surface area (TPSA) is 109 Å². The average molecular weight is 456 g/mol. The number of carbonyl (C=O) groups excluding carboxylic acids is 2. The minimum Gasteiger partial charge on any atom is -0.380 e. The molecule has 3 aliphatic rings. The van der Waals surface area contributed by atoms with Crippen LogP contribution in [0.1, 0.15) is 58.1 Å². The molecule has 8 nitrogen and oxygen atoms in total. The van der Waals surface area contributed by atoms with Crippen LogP contribution in [0.4, 0.5) is 10.2 Å². The summed E-state index contributed by atoms with van der Waals surface area (Å²) in [5.74, 6) is -0.964. The van der Waals surface area contributed by atoms with E-state index >= 15 is 0 Å². The fourth-order valence-corrected chi connectivity index (χ4v) is 5.04. The molecule has 2 aromatic rings. The summed E-state index contributed by atoms with van der Waals surface area (Å²) in [5, 5.41) is 20.1. The highest BCUT2D eigenvalue weighted by Crippen LogP contribution is 2.38. The van der Waals surface area contributed by atoms with Crippen molar-refractivity contribution >= 4 is 17.6 Å². The molecule has 2 aromatic heterocycles. The summed E-state index contributed by atoms with van der Waals surface area (Å²) in [6.45, 7) is 5.10. The second-order valence-corrected chi connectivity index (χ2v) is 10.6. The van der Waals surface area contributed by atoms with Crippen molar-refractivity contribution in [2.24, 2.45) is 11.3 Å². The van der Waals surface area contributed by atoms with E-state index in [-0.39, 0.29) is 29.2 Å². The Bertz CT molecular complexity index is 1110. The normalized spacial score (nSPS) is 24.7. The van der Waals surface area contributed by atoms with E-state index in [1.807, 2.05) is 4.68 Å². The van der Waals surface area contributed by atoms with Crippen molar-refractivity contribution in [1.29, 1.82) is 0 Å². The van der Waals surface area contributed by atoms with E-state index in [4.69, 9.17) is 0 Å². The van der Waals surface area contributed by atoms with Crippen LogP contribution in [-0.4, -0.2) is 43.3 Å². The number of hydrogen-bond donors (Lipinski definition) is 3. The summed E-state index contributed by atoms with van der Waals surface area (Å²) in [6, 6.07) is 1.43. The van der Waals surface area contributed by atoms with Gasteiger partial charge in [0.15, 0.2) is 0 Å². The number of rotatable bonds is 5. The highest BCUT2D eigenvalue weighted by atomic mass is 19.1. The van der Waals surface area contributed by atoms with Gasteiger partial charge in [0.25, 0.3) is 5.91 Å². The summed E-state index contributed by atoms with van der Waals surface area (Å²) in [5.41, 5.74) is 0.958. The number of pyridine rings is 1. The summed E-state index contributed by atoms with van der Waals surface area (Å²) in [6.07, 6.45) is 7.41. The van der Waals surface area contributed by atoms with Crippen LogP contribution >= 0.6 is 0 Å². The number of aromatic nitrogens is 3. The van der Waals surface area contributed by atoms with Crippen LogP contribution in [0, 0.1) is 17.2 Å². The molecule has 3 N–H and O–H groups in total. The Morgan fingerprint density at radius 3 is 2.76 bits per heavy atom. The highest BCUT2D eigenvalue weighted by Gasteiger charge is 2.48. The molecule has 0 spiro atoms. The van der Waals surface area contributed by atoms with Crippen LogP contribution in [0.15, 0.2) is 18.5 Å². The molecule has 5 rings (SSSR count). The number of anilines is 1. The van der Waals surface area contributed by atoms with Crippen LogP contribution in [-0.2, 0) is 22.6 Å². The Balaban J connectivity index is 1.27. The van der Waals surface area contributed by atoms with E-state index in [1.54, 1.807) is 12.3 Å². The summed E-state index contributed by atoms with van der Waals surface area (Å²) < 4.78 is 16.6. The smallest absolute Gasteiger partial charge is 0.252 e. The molecule has 3 heterocycles. The first-order chi connectivity index (χ1) is 15.6. The summed E-state index contributed by atoms with van der Waals surface area (Å²) >= 11 is 0. The van der Waals surface area contributed by atoms with Gasteiger partial charge in [-0.15, -0.1) is 0 Å². The van der Waals surface area contributed by atoms with Crippen molar-refractivity contribution in [3.63, 3.8) is 0 Å². The Kier molecular flexibility index (Phi) is 5.27. The van der Waals surface area contributed by atoms with Gasteiger partial charge in [-0.25, -0.2) is 9.37 Å². The van der Waals surface area contributed by atoms with Crippen LogP contribution in [0.5, 0.6) is 0 Å². The number of amides is 2. The molecule has 176 valence electrons. The third-order valence-electron chi connectivity index (χ3n) is 7.10. The Labute approximate surface area is 192 Å². The minimum absolute atomic E-state index is 0.0705. The number of carbonyl (C=O) groups is 2. The van der Waals surface area contributed by atoms with Gasteiger partial charge >= 0.3 is 0 Å². The molecule has 0 aromatic carbocycles. The lowest BCUT2D eigenvalue weighted by Crippen LogP contribution is -2.45. The number of halogens is 1. The van der Waals surface area contributed by atoms with Gasteiger partial charge in [-0.05, 0) is 50.0 Å². The lowest BCUT2D eigenvalue weighted by Gasteiger charge is -2.29. The van der Waals surface area contributed by atoms with E-state index in [0.717, 1.165) is 43.3 Å². The molecule has 2 fully saturated rings. The minimum atomic E-state index is -1.22. The summed E-state index contributed by atoms with van der Waals surface area (Å²) in [4.78, 5) is 29.2. The number of nitrogens with zero attached hydrogens (tertiary/aromatic N) is 3. The first-order valence-corrected chi connectivity index (χ1v) is 11.7. The molecule has 0 bridgehead atoms. The number of hydrogen-bond acceptors (Lipinski definition) is 5. The Hall–Kier alpha value is -2.81. The summed E-state index contributed by atoms with van der Waals surface area (Å²) in [7, 11) is 0. The van der Waals surface area contributed by atoms with E-state index in [0.29, 0.717) is 37.1 Å². The molecule has 2 aliphatic carbocycles. The molecule has 0 radical (unpaired) electrons. The van der Waals surface area contributed by atoms with E-state index in [1.165, 1.54) is 0 Å². The van der Waals surface area contributed by atoms with Gasteiger partial charge in [0.1, 0.15) is 17.2 Å². The van der Waals surface area contributed by atoms with Crippen molar-refractivity contribution in [3.05, 3.63) is 30.0 Å². The zero-order valence-electron chi connectivity index (χ0n) is 19.0. The quantitative estimate of drug-likeness (QED) is 0.642. The molecular formula is C24H30FN5O3. The fraction of sp³-hybridized carbons (Fsp3) is 0.583. The van der Waals surface area contributed by atoms with E-state index in [9.17, 15) is 19.1 Å². The molecule has 2 saturated carbocycles. The lowest BCUT2D eigenvalue weighted by atomic mass is 9.85. The van der Waals surface area contributed by atoms with Crippen LogP contribution in [0.2, 0.25) is 0 Å². The first-order valence-electron chi connectivity index (χ1n) is 11.7.